The third kappa shape index (κ3) is 4.80. The number of esters is 1. The molecule has 0 radical (unpaired) electrons. The zero-order valence-electron chi connectivity index (χ0n) is 20.4. The summed E-state index contributed by atoms with van der Waals surface area (Å²) in [6.07, 6.45) is 4.74. The number of allylic oxidation sites excluding steroid dienone is 6. The molecule has 1 unspecified atom stereocenters. The SMILES string of the molecule is Cc1cc(C)c(C2=C(OC(=O)C(C)(C)C)CC(CC3=C=C=C(c4csnn4)C=C3)C2=O)c(C)c1. The average Bonchev–Trinajstić information content (AvgIpc) is 3.38. The van der Waals surface area contributed by atoms with Gasteiger partial charge in [-0.25, -0.2) is 0 Å². The molecule has 0 N–H and O–H groups in total. The van der Waals surface area contributed by atoms with Crippen LogP contribution in [0.25, 0.3) is 11.1 Å². The van der Waals surface area contributed by atoms with E-state index in [1.54, 1.807) is 0 Å². The lowest BCUT2D eigenvalue weighted by Crippen LogP contribution is -2.22. The van der Waals surface area contributed by atoms with Crippen LogP contribution in [0, 0.1) is 32.1 Å². The molecule has 0 bridgehead atoms. The van der Waals surface area contributed by atoms with Gasteiger partial charge in [0.1, 0.15) is 11.5 Å². The van der Waals surface area contributed by atoms with Gasteiger partial charge in [-0.05, 0) is 88.3 Å². The molecule has 1 aromatic carbocycles. The maximum atomic E-state index is 13.7. The first kappa shape index (κ1) is 23.8. The Hall–Kier alpha value is -3.30. The van der Waals surface area contributed by atoms with Crippen molar-refractivity contribution in [1.29, 1.82) is 0 Å². The zero-order valence-corrected chi connectivity index (χ0v) is 21.2. The van der Waals surface area contributed by atoms with Crippen molar-refractivity contribution in [3.8, 4) is 0 Å². The molecule has 2 aromatic rings. The van der Waals surface area contributed by atoms with Gasteiger partial charge < -0.3 is 4.74 Å². The molecule has 0 saturated carbocycles. The Morgan fingerprint density at radius 2 is 1.85 bits per heavy atom. The largest absolute Gasteiger partial charge is 0.430 e. The van der Waals surface area contributed by atoms with Crippen LogP contribution in [0.15, 0.2) is 52.5 Å². The van der Waals surface area contributed by atoms with E-state index in [9.17, 15) is 9.59 Å². The summed E-state index contributed by atoms with van der Waals surface area (Å²) < 4.78 is 9.76. The third-order valence-corrected chi connectivity index (χ3v) is 6.50. The lowest BCUT2D eigenvalue weighted by molar-refractivity contribution is -0.148. The highest BCUT2D eigenvalue weighted by molar-refractivity contribution is 7.03. The van der Waals surface area contributed by atoms with E-state index in [1.807, 2.05) is 59.1 Å². The number of aromatic nitrogens is 2. The zero-order chi connectivity index (χ0) is 24.6. The fourth-order valence-corrected chi connectivity index (χ4v) is 4.81. The Kier molecular flexibility index (Phi) is 6.42. The van der Waals surface area contributed by atoms with Crippen molar-refractivity contribution in [2.24, 2.45) is 11.3 Å². The van der Waals surface area contributed by atoms with Gasteiger partial charge in [0.2, 0.25) is 0 Å². The fourth-order valence-electron chi connectivity index (χ4n) is 4.35. The molecule has 0 spiro atoms. The van der Waals surface area contributed by atoms with Crippen LogP contribution in [0.1, 0.15) is 61.6 Å². The third-order valence-electron chi connectivity index (χ3n) is 5.99. The van der Waals surface area contributed by atoms with Crippen molar-refractivity contribution >= 4 is 34.4 Å². The van der Waals surface area contributed by atoms with Crippen LogP contribution in [0.2, 0.25) is 0 Å². The molecule has 174 valence electrons. The summed E-state index contributed by atoms with van der Waals surface area (Å²) in [4.78, 5) is 26.5. The van der Waals surface area contributed by atoms with Gasteiger partial charge in [-0.15, -0.1) is 5.10 Å². The Morgan fingerprint density at radius 1 is 1.15 bits per heavy atom. The lowest BCUT2D eigenvalue weighted by Gasteiger charge is -2.18. The molecule has 2 aliphatic carbocycles. The van der Waals surface area contributed by atoms with Gasteiger partial charge in [0, 0.05) is 23.3 Å². The summed E-state index contributed by atoms with van der Waals surface area (Å²) >= 11 is 1.29. The molecule has 34 heavy (non-hydrogen) atoms. The smallest absolute Gasteiger partial charge is 0.316 e. The number of nitrogens with zero attached hydrogens (tertiary/aromatic N) is 2. The highest BCUT2D eigenvalue weighted by atomic mass is 32.1. The van der Waals surface area contributed by atoms with E-state index in [0.717, 1.165) is 39.1 Å². The summed E-state index contributed by atoms with van der Waals surface area (Å²) in [5.41, 5.74) is 12.6. The van der Waals surface area contributed by atoms with Gasteiger partial charge in [0.25, 0.3) is 0 Å². The highest BCUT2D eigenvalue weighted by Crippen LogP contribution is 2.42. The van der Waals surface area contributed by atoms with Gasteiger partial charge in [-0.1, -0.05) is 33.6 Å². The Balaban J connectivity index is 1.69. The molecule has 5 nitrogen and oxygen atoms in total. The van der Waals surface area contributed by atoms with E-state index < -0.39 is 5.41 Å². The second kappa shape index (κ2) is 9.15. The summed E-state index contributed by atoms with van der Waals surface area (Å²) in [7, 11) is 0. The molecule has 0 amide bonds. The number of hydrogen-bond donors (Lipinski definition) is 0. The van der Waals surface area contributed by atoms with Gasteiger partial charge >= 0.3 is 5.97 Å². The molecule has 2 aliphatic rings. The molecule has 0 fully saturated rings. The number of hydrogen-bond acceptors (Lipinski definition) is 6. The first-order chi connectivity index (χ1) is 16.0. The minimum absolute atomic E-state index is 0.00735. The van der Waals surface area contributed by atoms with Crippen LogP contribution >= 0.6 is 11.5 Å². The highest BCUT2D eigenvalue weighted by Gasteiger charge is 2.39. The minimum atomic E-state index is -0.667. The van der Waals surface area contributed by atoms with Crippen molar-refractivity contribution < 1.29 is 14.3 Å². The van der Waals surface area contributed by atoms with E-state index >= 15 is 0 Å². The average molecular weight is 473 g/mol. The Bertz CT molecular complexity index is 1320. The number of rotatable bonds is 5. The van der Waals surface area contributed by atoms with Gasteiger partial charge in [0.15, 0.2) is 5.78 Å². The second-order valence-electron chi connectivity index (χ2n) is 9.99. The molecule has 4 rings (SSSR count). The van der Waals surface area contributed by atoms with Crippen LogP contribution < -0.4 is 0 Å². The number of benzene rings is 1. The molecule has 6 heteroatoms. The molecule has 0 saturated heterocycles. The van der Waals surface area contributed by atoms with Crippen molar-refractivity contribution in [3.05, 3.63) is 80.4 Å². The van der Waals surface area contributed by atoms with E-state index in [0.29, 0.717) is 24.2 Å². The van der Waals surface area contributed by atoms with Crippen LogP contribution in [-0.4, -0.2) is 21.3 Å². The maximum absolute atomic E-state index is 13.7. The normalized spacial score (nSPS) is 17.8. The van der Waals surface area contributed by atoms with Gasteiger partial charge in [0.05, 0.1) is 16.6 Å². The van der Waals surface area contributed by atoms with E-state index in [2.05, 4.69) is 33.2 Å². The predicted molar refractivity (Wildman–Crippen MR) is 134 cm³/mol. The lowest BCUT2D eigenvalue weighted by atomic mass is 9.89. The van der Waals surface area contributed by atoms with Gasteiger partial charge in [-0.2, -0.15) is 0 Å². The molecule has 1 aromatic heterocycles. The Labute approximate surface area is 204 Å². The van der Waals surface area contributed by atoms with Crippen molar-refractivity contribution in [2.75, 3.05) is 0 Å². The second-order valence-corrected chi connectivity index (χ2v) is 10.6. The predicted octanol–water partition coefficient (Wildman–Crippen LogP) is 6.08. The standard InChI is InChI=1S/C28H28N2O3S/c1-16-11-17(2)24(18(3)12-16)25-23(33-27(32)28(4,5)6)14-21(26(25)31)13-19-7-9-20(10-8-19)22-15-34-30-29-22/h7,9,11-12,15,21H,13-14H2,1-6H3. The molecule has 1 atom stereocenters. The maximum Gasteiger partial charge on any atom is 0.316 e. The summed E-state index contributed by atoms with van der Waals surface area (Å²) in [5.74, 6) is -0.182. The van der Waals surface area contributed by atoms with Crippen molar-refractivity contribution in [1.82, 2.24) is 9.59 Å². The molecule has 0 aliphatic heterocycles. The summed E-state index contributed by atoms with van der Waals surface area (Å²) in [5, 5.41) is 5.92. The first-order valence-electron chi connectivity index (χ1n) is 11.3. The first-order valence-corrected chi connectivity index (χ1v) is 12.2. The van der Waals surface area contributed by atoms with Crippen molar-refractivity contribution in [3.63, 3.8) is 0 Å². The molecular formula is C28H28N2O3S. The number of aryl methyl sites for hydroxylation is 3. The number of ketones is 1. The number of ether oxygens (including phenoxy) is 1. The van der Waals surface area contributed by atoms with E-state index in [4.69, 9.17) is 4.74 Å². The molecular weight excluding hydrogens is 444 g/mol. The summed E-state index contributed by atoms with van der Waals surface area (Å²) in [6.45, 7) is 11.5. The number of Topliss-reactive ketones (excluding diaryl/α,β-unsaturated/α-hetero) is 1. The minimum Gasteiger partial charge on any atom is -0.430 e. The van der Waals surface area contributed by atoms with Crippen molar-refractivity contribution in [2.45, 2.75) is 54.4 Å². The topological polar surface area (TPSA) is 69.2 Å². The summed E-state index contributed by atoms with van der Waals surface area (Å²) in [6, 6.07) is 4.13. The number of carbonyl (C=O) groups is 2. The fraction of sp³-hybridized carbons (Fsp3) is 0.357. The van der Waals surface area contributed by atoms with Crippen LogP contribution in [0.3, 0.4) is 0 Å². The molecule has 1 heterocycles. The van der Waals surface area contributed by atoms with E-state index in [1.165, 1.54) is 11.5 Å². The van der Waals surface area contributed by atoms with E-state index in [-0.39, 0.29) is 17.7 Å². The monoisotopic (exact) mass is 472 g/mol. The number of carbonyl (C=O) groups excluding carboxylic acids is 2. The van der Waals surface area contributed by atoms with Gasteiger partial charge in [-0.3, -0.25) is 9.59 Å². The quantitative estimate of drug-likeness (QED) is 0.390. The van der Waals surface area contributed by atoms with Crippen LogP contribution in [-0.2, 0) is 14.3 Å². The Morgan fingerprint density at radius 3 is 2.41 bits per heavy atom. The van der Waals surface area contributed by atoms with Crippen LogP contribution in [0.5, 0.6) is 0 Å². The van der Waals surface area contributed by atoms with Crippen LogP contribution in [0.4, 0.5) is 0 Å².